The number of rotatable bonds is 4. The van der Waals surface area contributed by atoms with Crippen LogP contribution in [-0.4, -0.2) is 71.0 Å². The highest BCUT2D eigenvalue weighted by atomic mass is 19.3. The molecule has 0 bridgehead atoms. The third-order valence-electron chi connectivity index (χ3n) is 5.57. The van der Waals surface area contributed by atoms with Crippen LogP contribution in [0.1, 0.15) is 32.8 Å². The number of hydrogen-bond donors (Lipinski definition) is 1. The van der Waals surface area contributed by atoms with Gasteiger partial charge in [-0.1, -0.05) is 0 Å². The lowest BCUT2D eigenvalue weighted by atomic mass is 10.1. The molecule has 168 valence electrons. The summed E-state index contributed by atoms with van der Waals surface area (Å²) >= 11 is 0. The van der Waals surface area contributed by atoms with E-state index in [1.807, 2.05) is 25.7 Å². The maximum absolute atomic E-state index is 13.8. The number of aromatic nitrogens is 4. The monoisotopic (exact) mass is 435 g/mol. The molecule has 31 heavy (non-hydrogen) atoms. The van der Waals surface area contributed by atoms with Crippen molar-refractivity contribution < 1.29 is 18.3 Å². The van der Waals surface area contributed by atoms with Crippen molar-refractivity contribution in [2.24, 2.45) is 0 Å². The van der Waals surface area contributed by atoms with Crippen LogP contribution >= 0.6 is 0 Å². The maximum Gasteiger partial charge on any atom is 0.264 e. The molecule has 4 rings (SSSR count). The second kappa shape index (κ2) is 8.83. The van der Waals surface area contributed by atoms with Crippen molar-refractivity contribution >= 4 is 17.7 Å². The van der Waals surface area contributed by atoms with Gasteiger partial charge < -0.3 is 25.0 Å². The van der Waals surface area contributed by atoms with E-state index in [0.29, 0.717) is 44.9 Å². The fraction of sp³-hybridized carbons (Fsp3) is 0.600. The lowest BCUT2D eigenvalue weighted by Crippen LogP contribution is -2.51. The molecule has 0 saturated carbocycles. The van der Waals surface area contributed by atoms with Gasteiger partial charge in [-0.25, -0.2) is 13.8 Å². The lowest BCUT2D eigenvalue weighted by Gasteiger charge is -2.39. The van der Waals surface area contributed by atoms with Crippen LogP contribution < -0.4 is 15.5 Å². The highest BCUT2D eigenvalue weighted by Gasteiger charge is 2.31. The molecule has 4 heterocycles. The minimum absolute atomic E-state index is 0.0192. The zero-order valence-corrected chi connectivity index (χ0v) is 17.8. The Bertz CT molecular complexity index is 922. The fourth-order valence-electron chi connectivity index (χ4n) is 4.00. The van der Waals surface area contributed by atoms with E-state index >= 15 is 0 Å². The molecule has 2 aromatic heterocycles. The van der Waals surface area contributed by atoms with Crippen molar-refractivity contribution in [3.63, 3.8) is 0 Å². The largest absolute Gasteiger partial charge is 0.384 e. The molecule has 0 radical (unpaired) electrons. The number of hydrogen-bond acceptors (Lipinski definition) is 9. The molecule has 2 aromatic rings. The summed E-state index contributed by atoms with van der Waals surface area (Å²) in [4.78, 5) is 22.0. The van der Waals surface area contributed by atoms with Crippen molar-refractivity contribution in [1.82, 2.24) is 19.9 Å². The Morgan fingerprint density at radius 1 is 1.00 bits per heavy atom. The Labute approximate surface area is 179 Å². The van der Waals surface area contributed by atoms with Gasteiger partial charge in [0.25, 0.3) is 6.43 Å². The normalized spacial score (nSPS) is 24.6. The molecule has 0 amide bonds. The van der Waals surface area contributed by atoms with Gasteiger partial charge in [0.2, 0.25) is 11.9 Å². The van der Waals surface area contributed by atoms with Crippen LogP contribution in [0.25, 0.3) is 11.4 Å². The number of nitrogens with two attached hydrogens (primary N) is 1. The zero-order chi connectivity index (χ0) is 22.1. The van der Waals surface area contributed by atoms with Crippen LogP contribution in [0.5, 0.6) is 0 Å². The molecule has 0 spiro atoms. The summed E-state index contributed by atoms with van der Waals surface area (Å²) in [5.74, 6) is 1.02. The molecule has 0 aliphatic carbocycles. The number of pyridine rings is 1. The van der Waals surface area contributed by atoms with E-state index in [2.05, 4.69) is 19.9 Å². The highest BCUT2D eigenvalue weighted by Crippen LogP contribution is 2.32. The topological polar surface area (TPSA) is 103 Å². The number of anilines is 3. The second-order valence-electron chi connectivity index (χ2n) is 8.02. The van der Waals surface area contributed by atoms with Crippen LogP contribution in [0.2, 0.25) is 0 Å². The second-order valence-corrected chi connectivity index (χ2v) is 8.02. The summed E-state index contributed by atoms with van der Waals surface area (Å²) in [5.41, 5.74) is 5.54. The van der Waals surface area contributed by atoms with E-state index in [4.69, 9.17) is 20.2 Å². The van der Waals surface area contributed by atoms with Crippen molar-refractivity contribution in [2.45, 2.75) is 45.3 Å². The smallest absolute Gasteiger partial charge is 0.264 e. The predicted molar refractivity (Wildman–Crippen MR) is 112 cm³/mol. The Morgan fingerprint density at radius 2 is 1.68 bits per heavy atom. The number of nitrogen functional groups attached to an aromatic ring is 1. The van der Waals surface area contributed by atoms with Crippen LogP contribution in [0, 0.1) is 0 Å². The number of nitrogens with zero attached hydrogens (tertiary/aromatic N) is 6. The zero-order valence-electron chi connectivity index (χ0n) is 17.8. The maximum atomic E-state index is 13.8. The number of ether oxygens (including phenoxy) is 2. The van der Waals surface area contributed by atoms with E-state index in [1.165, 1.54) is 12.3 Å². The minimum Gasteiger partial charge on any atom is -0.384 e. The van der Waals surface area contributed by atoms with Gasteiger partial charge in [-0.05, 0) is 26.8 Å². The van der Waals surface area contributed by atoms with Crippen molar-refractivity contribution in [2.75, 3.05) is 48.5 Å². The number of morpholine rings is 2. The van der Waals surface area contributed by atoms with Gasteiger partial charge in [-0.15, -0.1) is 0 Å². The first-order valence-electron chi connectivity index (χ1n) is 10.4. The SMILES string of the molecule is C[C@@H]1COCCN1c1nc(-c2cnc(N)cc2C(F)F)nc(N2[C@H](C)COC[C@H]2C)n1. The lowest BCUT2D eigenvalue weighted by molar-refractivity contribution is 0.0746. The van der Waals surface area contributed by atoms with Gasteiger partial charge >= 0.3 is 0 Å². The molecule has 2 aliphatic rings. The molecular formula is C20H27F2N7O2. The summed E-state index contributed by atoms with van der Waals surface area (Å²) in [5, 5.41) is 0. The van der Waals surface area contributed by atoms with Gasteiger partial charge in [0.15, 0.2) is 5.82 Å². The molecule has 2 aliphatic heterocycles. The first-order valence-corrected chi connectivity index (χ1v) is 10.4. The van der Waals surface area contributed by atoms with E-state index in [0.717, 1.165) is 0 Å². The summed E-state index contributed by atoms with van der Waals surface area (Å²) < 4.78 is 38.7. The van der Waals surface area contributed by atoms with E-state index < -0.39 is 6.43 Å². The van der Waals surface area contributed by atoms with Crippen molar-refractivity contribution in [3.8, 4) is 11.4 Å². The minimum atomic E-state index is -2.74. The van der Waals surface area contributed by atoms with Crippen LogP contribution in [0.15, 0.2) is 12.3 Å². The van der Waals surface area contributed by atoms with Gasteiger partial charge in [0.1, 0.15) is 5.82 Å². The van der Waals surface area contributed by atoms with Gasteiger partial charge in [0.05, 0.1) is 44.6 Å². The molecule has 2 fully saturated rings. The average Bonchev–Trinajstić information content (AvgIpc) is 2.73. The summed E-state index contributed by atoms with van der Waals surface area (Å²) in [6, 6.07) is 1.25. The standard InChI is InChI=1S/C20H27F2N7O2/c1-11-8-30-5-4-28(11)19-25-18(15-7-24-16(23)6-14(15)17(21)22)26-20(27-19)29-12(2)9-31-10-13(29)3/h6-7,11-13,17H,4-5,8-10H2,1-3H3,(H2,23,24)/t11-,12-,13-/m1/s1. The highest BCUT2D eigenvalue weighted by molar-refractivity contribution is 5.64. The van der Waals surface area contributed by atoms with Crippen molar-refractivity contribution in [1.29, 1.82) is 0 Å². The third kappa shape index (κ3) is 4.38. The Hall–Kier alpha value is -2.66. The molecule has 0 unspecified atom stereocenters. The number of alkyl halides is 2. The Balaban J connectivity index is 1.86. The van der Waals surface area contributed by atoms with Crippen LogP contribution in [-0.2, 0) is 9.47 Å². The molecular weight excluding hydrogens is 408 g/mol. The molecule has 3 atom stereocenters. The number of halogens is 2. The molecule has 9 nitrogen and oxygen atoms in total. The first-order chi connectivity index (χ1) is 14.8. The first kappa shape index (κ1) is 21.6. The van der Waals surface area contributed by atoms with E-state index in [-0.39, 0.29) is 40.9 Å². The molecule has 2 saturated heterocycles. The third-order valence-corrected chi connectivity index (χ3v) is 5.57. The molecule has 2 N–H and O–H groups in total. The van der Waals surface area contributed by atoms with Crippen LogP contribution in [0.3, 0.4) is 0 Å². The average molecular weight is 435 g/mol. The van der Waals surface area contributed by atoms with Crippen LogP contribution in [0.4, 0.5) is 26.5 Å². The molecule has 11 heteroatoms. The summed E-state index contributed by atoms with van der Waals surface area (Å²) in [6.45, 7) is 8.78. The van der Waals surface area contributed by atoms with E-state index in [9.17, 15) is 8.78 Å². The van der Waals surface area contributed by atoms with E-state index in [1.54, 1.807) is 0 Å². The Kier molecular flexibility index (Phi) is 6.15. The van der Waals surface area contributed by atoms with Gasteiger partial charge in [-0.2, -0.15) is 15.0 Å². The van der Waals surface area contributed by atoms with Gasteiger partial charge in [0, 0.05) is 23.9 Å². The van der Waals surface area contributed by atoms with Gasteiger partial charge in [-0.3, -0.25) is 0 Å². The van der Waals surface area contributed by atoms with Crippen molar-refractivity contribution in [3.05, 3.63) is 17.8 Å². The quantitative estimate of drug-likeness (QED) is 0.775. The fourth-order valence-corrected chi connectivity index (χ4v) is 4.00. The Morgan fingerprint density at radius 3 is 2.35 bits per heavy atom. The molecule has 0 aromatic carbocycles. The summed E-state index contributed by atoms with van der Waals surface area (Å²) in [6.07, 6.45) is -1.44. The summed E-state index contributed by atoms with van der Waals surface area (Å²) in [7, 11) is 0. The predicted octanol–water partition coefficient (Wildman–Crippen LogP) is 2.29.